The van der Waals surface area contributed by atoms with Crippen LogP contribution < -0.4 is 0 Å². The molecule has 1 nitrogen and oxygen atoms in total. The third-order valence-corrected chi connectivity index (χ3v) is 5.92. The number of rotatable bonds is 6. The minimum atomic E-state index is -4.33. The lowest BCUT2D eigenvalue weighted by atomic mass is 9.79. The summed E-state index contributed by atoms with van der Waals surface area (Å²) < 4.78 is 62.0. The fourth-order valence-corrected chi connectivity index (χ4v) is 4.03. The minimum absolute atomic E-state index is 0.0617. The van der Waals surface area contributed by atoms with E-state index in [2.05, 4.69) is 6.92 Å². The second-order valence-electron chi connectivity index (χ2n) is 8.11. The van der Waals surface area contributed by atoms with Crippen LogP contribution in [-0.4, -0.2) is 11.8 Å². The van der Waals surface area contributed by atoms with Crippen LogP contribution in [0.4, 0.5) is 17.6 Å². The van der Waals surface area contributed by atoms with Gasteiger partial charge in [-0.1, -0.05) is 63.5 Å². The van der Waals surface area contributed by atoms with Gasteiger partial charge in [-0.3, -0.25) is 0 Å². The number of halogens is 4. The highest BCUT2D eigenvalue weighted by atomic mass is 19.3. The smallest absolute Gasteiger partial charge is 0.369 e. The van der Waals surface area contributed by atoms with Gasteiger partial charge in [-0.25, -0.2) is 0 Å². The first-order valence-electron chi connectivity index (χ1n) is 10.1. The second kappa shape index (κ2) is 8.30. The van der Waals surface area contributed by atoms with E-state index in [-0.39, 0.29) is 13.0 Å². The molecule has 1 aromatic carbocycles. The summed E-state index contributed by atoms with van der Waals surface area (Å²) in [6.45, 7) is 3.80. The molecule has 0 amide bonds. The molecule has 0 saturated heterocycles. The van der Waals surface area contributed by atoms with Crippen LogP contribution in [0.25, 0.3) is 0 Å². The molecule has 0 aromatic heterocycles. The quantitative estimate of drug-likeness (QED) is 0.456. The summed E-state index contributed by atoms with van der Waals surface area (Å²) in [7, 11) is 0. The number of ether oxygens (including phenoxy) is 1. The fourth-order valence-electron chi connectivity index (χ4n) is 4.03. The van der Waals surface area contributed by atoms with Crippen LogP contribution in [0, 0.1) is 5.92 Å². The van der Waals surface area contributed by atoms with E-state index in [1.807, 2.05) is 24.3 Å². The van der Waals surface area contributed by atoms with Crippen molar-refractivity contribution in [2.45, 2.75) is 76.7 Å². The maximum absolute atomic E-state index is 14.3. The SMILES string of the molecule is CCCC1=CC=C(OCc2ccc(C3CCC(C)CC3)cc2)C(F)(F)C1(F)F. The Bertz CT molecular complexity index is 725. The minimum Gasteiger partial charge on any atom is -0.487 e. The van der Waals surface area contributed by atoms with E-state index in [1.54, 1.807) is 6.92 Å². The Kier molecular flexibility index (Phi) is 6.21. The first-order chi connectivity index (χ1) is 13.3. The molecule has 0 radical (unpaired) electrons. The summed E-state index contributed by atoms with van der Waals surface area (Å²) >= 11 is 0. The Morgan fingerprint density at radius 3 is 2.18 bits per heavy atom. The molecule has 0 bridgehead atoms. The average molecular weight is 396 g/mol. The third-order valence-electron chi connectivity index (χ3n) is 5.92. The van der Waals surface area contributed by atoms with Crippen LogP contribution in [0.3, 0.4) is 0 Å². The first kappa shape index (κ1) is 20.9. The van der Waals surface area contributed by atoms with Gasteiger partial charge in [-0.05, 0) is 48.3 Å². The van der Waals surface area contributed by atoms with E-state index in [4.69, 9.17) is 4.74 Å². The van der Waals surface area contributed by atoms with Crippen molar-refractivity contribution in [3.63, 3.8) is 0 Å². The van der Waals surface area contributed by atoms with E-state index in [0.717, 1.165) is 30.9 Å². The maximum Gasteiger partial charge on any atom is 0.369 e. The van der Waals surface area contributed by atoms with Gasteiger partial charge in [0.15, 0.2) is 5.76 Å². The molecule has 28 heavy (non-hydrogen) atoms. The van der Waals surface area contributed by atoms with Gasteiger partial charge in [0, 0.05) is 5.57 Å². The standard InChI is InChI=1S/C23H28F4O/c1-3-4-20-13-14-21(23(26,27)22(20,24)25)28-15-17-7-11-19(12-8-17)18-9-5-16(2)6-10-18/h7-8,11-14,16,18H,3-6,9-10,15H2,1-2H3. The molecule has 1 aromatic rings. The number of alkyl halides is 4. The molecular weight excluding hydrogens is 368 g/mol. The average Bonchev–Trinajstić information content (AvgIpc) is 2.67. The highest BCUT2D eigenvalue weighted by Crippen LogP contribution is 2.49. The lowest BCUT2D eigenvalue weighted by Gasteiger charge is -2.32. The second-order valence-corrected chi connectivity index (χ2v) is 8.11. The zero-order valence-electron chi connectivity index (χ0n) is 16.5. The van der Waals surface area contributed by atoms with Crippen LogP contribution in [0.1, 0.15) is 69.4 Å². The molecule has 0 atom stereocenters. The van der Waals surface area contributed by atoms with Gasteiger partial charge in [0.2, 0.25) is 0 Å². The van der Waals surface area contributed by atoms with Gasteiger partial charge in [0.1, 0.15) is 6.61 Å². The lowest BCUT2D eigenvalue weighted by Crippen LogP contribution is -2.45. The molecule has 3 rings (SSSR count). The molecule has 2 aliphatic carbocycles. The number of allylic oxidation sites excluding steroid dienone is 4. The first-order valence-corrected chi connectivity index (χ1v) is 10.1. The zero-order valence-corrected chi connectivity index (χ0v) is 16.5. The van der Waals surface area contributed by atoms with E-state index in [1.165, 1.54) is 18.4 Å². The number of hydrogen-bond donors (Lipinski definition) is 0. The molecular formula is C23H28F4O. The van der Waals surface area contributed by atoms with Crippen LogP contribution in [0.5, 0.6) is 0 Å². The van der Waals surface area contributed by atoms with Crippen molar-refractivity contribution in [1.82, 2.24) is 0 Å². The summed E-state index contributed by atoms with van der Waals surface area (Å²) in [6, 6.07) is 7.68. The molecule has 0 heterocycles. The molecule has 154 valence electrons. The normalized spacial score (nSPS) is 26.4. The Morgan fingerprint density at radius 2 is 1.57 bits per heavy atom. The van der Waals surface area contributed by atoms with Gasteiger partial charge in [-0.15, -0.1) is 0 Å². The zero-order chi connectivity index (χ0) is 20.4. The maximum atomic E-state index is 14.3. The third kappa shape index (κ3) is 4.13. The van der Waals surface area contributed by atoms with E-state index in [9.17, 15) is 17.6 Å². The molecule has 1 fully saturated rings. The number of hydrogen-bond acceptors (Lipinski definition) is 1. The van der Waals surface area contributed by atoms with Gasteiger partial charge in [-0.2, -0.15) is 17.6 Å². The van der Waals surface area contributed by atoms with Crippen LogP contribution in [0.2, 0.25) is 0 Å². The van der Waals surface area contributed by atoms with Crippen molar-refractivity contribution < 1.29 is 22.3 Å². The van der Waals surface area contributed by atoms with Crippen molar-refractivity contribution in [3.05, 3.63) is 58.9 Å². The van der Waals surface area contributed by atoms with Crippen molar-refractivity contribution in [1.29, 1.82) is 0 Å². The predicted octanol–water partition coefficient (Wildman–Crippen LogP) is 7.39. The molecule has 0 unspecified atom stereocenters. The lowest BCUT2D eigenvalue weighted by molar-refractivity contribution is -0.187. The van der Waals surface area contributed by atoms with Gasteiger partial charge in [0.25, 0.3) is 0 Å². The Balaban J connectivity index is 1.65. The van der Waals surface area contributed by atoms with Crippen molar-refractivity contribution in [2.75, 3.05) is 0 Å². The predicted molar refractivity (Wildman–Crippen MR) is 103 cm³/mol. The molecule has 1 saturated carbocycles. The van der Waals surface area contributed by atoms with Gasteiger partial charge in [0.05, 0.1) is 0 Å². The topological polar surface area (TPSA) is 9.23 Å². The Morgan fingerprint density at radius 1 is 0.929 bits per heavy atom. The molecule has 0 aliphatic heterocycles. The molecule has 0 spiro atoms. The summed E-state index contributed by atoms with van der Waals surface area (Å²) in [4.78, 5) is 0. The highest BCUT2D eigenvalue weighted by Gasteiger charge is 2.63. The molecule has 2 aliphatic rings. The van der Waals surface area contributed by atoms with Crippen molar-refractivity contribution in [3.8, 4) is 0 Å². The number of benzene rings is 1. The van der Waals surface area contributed by atoms with Gasteiger partial charge < -0.3 is 4.74 Å². The Labute approximate surface area is 164 Å². The summed E-state index contributed by atoms with van der Waals surface area (Å²) in [6.07, 6.45) is 7.15. The van der Waals surface area contributed by atoms with E-state index in [0.29, 0.717) is 17.9 Å². The largest absolute Gasteiger partial charge is 0.487 e. The van der Waals surface area contributed by atoms with Crippen LogP contribution in [0.15, 0.2) is 47.7 Å². The summed E-state index contributed by atoms with van der Waals surface area (Å²) in [5.74, 6) is -8.19. The van der Waals surface area contributed by atoms with E-state index >= 15 is 0 Å². The fraction of sp³-hybridized carbons (Fsp3) is 0.565. The monoisotopic (exact) mass is 396 g/mol. The molecule has 5 heteroatoms. The summed E-state index contributed by atoms with van der Waals surface area (Å²) in [5.41, 5.74) is 1.39. The van der Waals surface area contributed by atoms with Crippen molar-refractivity contribution >= 4 is 0 Å². The Hall–Kier alpha value is -1.78. The van der Waals surface area contributed by atoms with Crippen LogP contribution in [-0.2, 0) is 11.3 Å². The van der Waals surface area contributed by atoms with Crippen LogP contribution >= 0.6 is 0 Å². The van der Waals surface area contributed by atoms with Crippen molar-refractivity contribution in [2.24, 2.45) is 5.92 Å². The highest BCUT2D eigenvalue weighted by molar-refractivity contribution is 5.35. The van der Waals surface area contributed by atoms with Gasteiger partial charge >= 0.3 is 11.8 Å². The van der Waals surface area contributed by atoms with E-state index < -0.39 is 23.2 Å². The molecule has 0 N–H and O–H groups in total. The summed E-state index contributed by atoms with van der Waals surface area (Å²) in [5, 5.41) is 0.